The van der Waals surface area contributed by atoms with Crippen molar-refractivity contribution in [1.82, 2.24) is 0 Å². The number of carboxylic acids is 1. The van der Waals surface area contributed by atoms with Gasteiger partial charge in [-0.1, -0.05) is 90.5 Å². The van der Waals surface area contributed by atoms with E-state index in [0.29, 0.717) is 33.0 Å². The first-order chi connectivity index (χ1) is 16.9. The third-order valence-electron chi connectivity index (χ3n) is 5.60. The van der Waals surface area contributed by atoms with Crippen LogP contribution in [0.5, 0.6) is 0 Å². The van der Waals surface area contributed by atoms with Crippen molar-refractivity contribution in [2.75, 3.05) is 5.32 Å². The van der Waals surface area contributed by atoms with Crippen LogP contribution in [-0.2, 0) is 10.4 Å². The number of hydrogen-bond donors (Lipinski definition) is 3. The quantitative estimate of drug-likeness (QED) is 0.165. The highest BCUT2D eigenvalue weighted by atomic mass is 35.5. The Kier molecular flexibility index (Phi) is 7.11. The van der Waals surface area contributed by atoms with Gasteiger partial charge in [0.2, 0.25) is 0 Å². The maximum Gasteiger partial charge on any atom is 0.352 e. The van der Waals surface area contributed by atoms with E-state index in [2.05, 4.69) is 5.32 Å². The number of ketones is 1. The molecule has 5 nitrogen and oxygen atoms in total. The van der Waals surface area contributed by atoms with Gasteiger partial charge in [-0.2, -0.15) is 0 Å². The van der Waals surface area contributed by atoms with E-state index in [1.165, 1.54) is 12.1 Å². The third-order valence-corrected chi connectivity index (χ3v) is 5.86. The second-order valence-corrected chi connectivity index (χ2v) is 8.28. The lowest BCUT2D eigenvalue weighted by atomic mass is 9.79. The summed E-state index contributed by atoms with van der Waals surface area (Å²) >= 11 is 5.88. The molecule has 0 aliphatic carbocycles. The summed E-state index contributed by atoms with van der Waals surface area (Å²) in [6, 6.07) is 31.3. The number of aliphatic hydroxyl groups is 1. The van der Waals surface area contributed by atoms with Crippen LogP contribution in [0.2, 0.25) is 5.02 Å². The molecule has 3 N–H and O–H groups in total. The van der Waals surface area contributed by atoms with E-state index >= 15 is 0 Å². The minimum Gasteiger partial charge on any atom is -0.477 e. The average molecular weight is 484 g/mol. The maximum absolute atomic E-state index is 12.7. The molecule has 0 saturated carbocycles. The van der Waals surface area contributed by atoms with Crippen molar-refractivity contribution < 1.29 is 19.8 Å². The van der Waals surface area contributed by atoms with Crippen molar-refractivity contribution in [2.24, 2.45) is 0 Å². The number of anilines is 1. The van der Waals surface area contributed by atoms with E-state index in [1.54, 1.807) is 36.4 Å². The molecule has 0 fully saturated rings. The Bertz CT molecular complexity index is 1330. The molecule has 0 aliphatic heterocycles. The van der Waals surface area contributed by atoms with Crippen LogP contribution in [-0.4, -0.2) is 22.0 Å². The number of rotatable bonds is 8. The van der Waals surface area contributed by atoms with Gasteiger partial charge < -0.3 is 15.5 Å². The molecule has 0 heterocycles. The lowest BCUT2D eigenvalue weighted by molar-refractivity contribution is -0.132. The first-order valence-corrected chi connectivity index (χ1v) is 11.2. The fraction of sp³-hybridized carbons (Fsp3) is 0.0345. The first-order valence-electron chi connectivity index (χ1n) is 10.8. The minimum atomic E-state index is -1.59. The molecule has 4 rings (SSSR count). The number of allylic oxidation sites excluding steroid dienone is 1. The molecule has 4 aromatic rings. The predicted octanol–water partition coefficient (Wildman–Crippen LogP) is 5.89. The number of carbonyl (C=O) groups is 2. The van der Waals surface area contributed by atoms with Gasteiger partial charge in [-0.3, -0.25) is 4.79 Å². The van der Waals surface area contributed by atoms with E-state index in [4.69, 9.17) is 11.6 Å². The zero-order valence-electron chi connectivity index (χ0n) is 18.6. The van der Waals surface area contributed by atoms with Crippen LogP contribution in [0.1, 0.15) is 27.0 Å². The summed E-state index contributed by atoms with van der Waals surface area (Å²) in [5.74, 6) is -1.81. The molecule has 0 amide bonds. The molecule has 0 atom stereocenters. The first kappa shape index (κ1) is 24.0. The molecule has 0 aliphatic rings. The Morgan fingerprint density at radius 1 is 0.743 bits per heavy atom. The van der Waals surface area contributed by atoms with Gasteiger partial charge in [0, 0.05) is 27.9 Å². The lowest BCUT2D eigenvalue weighted by Gasteiger charge is -2.32. The van der Waals surface area contributed by atoms with E-state index in [-0.39, 0.29) is 5.70 Å². The number of carbonyl (C=O) groups excluding carboxylic acids is 1. The molecule has 174 valence electrons. The van der Waals surface area contributed by atoms with E-state index in [1.807, 2.05) is 60.7 Å². The molecule has 4 aromatic carbocycles. The Labute approximate surface area is 208 Å². The summed E-state index contributed by atoms with van der Waals surface area (Å²) in [7, 11) is 0. The van der Waals surface area contributed by atoms with Gasteiger partial charge in [0.15, 0.2) is 5.78 Å². The number of benzene rings is 4. The molecule has 0 spiro atoms. The summed E-state index contributed by atoms with van der Waals surface area (Å²) in [6.07, 6.45) is 1.02. The number of carboxylic acid groups (broad SMARTS) is 1. The van der Waals surface area contributed by atoms with Gasteiger partial charge in [-0.25, -0.2) is 4.79 Å². The van der Waals surface area contributed by atoms with Gasteiger partial charge in [-0.15, -0.1) is 0 Å². The van der Waals surface area contributed by atoms with Crippen LogP contribution >= 0.6 is 11.6 Å². The number of aliphatic carboxylic acids is 1. The van der Waals surface area contributed by atoms with Crippen LogP contribution in [0.4, 0.5) is 5.69 Å². The lowest BCUT2D eigenvalue weighted by Crippen LogP contribution is -2.30. The second-order valence-electron chi connectivity index (χ2n) is 7.85. The Balaban J connectivity index is 1.80. The number of hydrogen-bond acceptors (Lipinski definition) is 4. The SMILES string of the molecule is O=C(O)/C(=C/C(=O)c1ccc(Cl)cc1)Nc1ccccc1C(O)(c1ccccc1)c1ccccc1. The largest absolute Gasteiger partial charge is 0.477 e. The fourth-order valence-corrected chi connectivity index (χ4v) is 3.99. The highest BCUT2D eigenvalue weighted by Crippen LogP contribution is 2.40. The van der Waals surface area contributed by atoms with Crippen molar-refractivity contribution in [3.8, 4) is 0 Å². The molecule has 0 bridgehead atoms. The van der Waals surface area contributed by atoms with Crippen molar-refractivity contribution in [1.29, 1.82) is 0 Å². The van der Waals surface area contributed by atoms with Gasteiger partial charge >= 0.3 is 5.97 Å². The number of nitrogens with one attached hydrogen (secondary N) is 1. The summed E-state index contributed by atoms with van der Waals surface area (Å²) in [5.41, 5.74) is 0.380. The van der Waals surface area contributed by atoms with E-state index in [0.717, 1.165) is 6.08 Å². The van der Waals surface area contributed by atoms with Crippen molar-refractivity contribution in [2.45, 2.75) is 5.60 Å². The van der Waals surface area contributed by atoms with E-state index in [9.17, 15) is 19.8 Å². The Morgan fingerprint density at radius 3 is 1.80 bits per heavy atom. The van der Waals surface area contributed by atoms with Crippen LogP contribution in [0.3, 0.4) is 0 Å². The monoisotopic (exact) mass is 483 g/mol. The van der Waals surface area contributed by atoms with Crippen LogP contribution in [0.25, 0.3) is 0 Å². The average Bonchev–Trinajstić information content (AvgIpc) is 2.89. The molecule has 0 saturated heterocycles. The third kappa shape index (κ3) is 5.17. The van der Waals surface area contributed by atoms with Gasteiger partial charge in [0.25, 0.3) is 0 Å². The van der Waals surface area contributed by atoms with Gasteiger partial charge in [-0.05, 0) is 41.5 Å². The Morgan fingerprint density at radius 2 is 1.26 bits per heavy atom. The fourth-order valence-electron chi connectivity index (χ4n) is 3.87. The van der Waals surface area contributed by atoms with Gasteiger partial charge in [0.1, 0.15) is 11.3 Å². The van der Waals surface area contributed by atoms with Gasteiger partial charge in [0.05, 0.1) is 0 Å². The zero-order valence-corrected chi connectivity index (χ0v) is 19.3. The standard InChI is InChI=1S/C29H22ClNO4/c30-23-17-15-20(16-18-23)27(32)19-26(28(33)34)31-25-14-8-7-13-24(25)29(35,21-9-3-1-4-10-21)22-11-5-2-6-12-22/h1-19,31,35H,(H,33,34)/b26-19-. The molecule has 6 heteroatoms. The summed E-state index contributed by atoms with van der Waals surface area (Å²) in [6.45, 7) is 0. The molecule has 0 aromatic heterocycles. The molecule has 0 radical (unpaired) electrons. The molecule has 0 unspecified atom stereocenters. The topological polar surface area (TPSA) is 86.6 Å². The van der Waals surface area contributed by atoms with Crippen LogP contribution < -0.4 is 5.32 Å². The van der Waals surface area contributed by atoms with Crippen molar-refractivity contribution in [3.63, 3.8) is 0 Å². The van der Waals surface area contributed by atoms with Crippen molar-refractivity contribution >= 4 is 29.0 Å². The van der Waals surface area contributed by atoms with Crippen LogP contribution in [0.15, 0.2) is 121 Å². The molecular formula is C29H22ClNO4. The Hall–Kier alpha value is -4.19. The molecule has 35 heavy (non-hydrogen) atoms. The van der Waals surface area contributed by atoms with E-state index < -0.39 is 17.4 Å². The second kappa shape index (κ2) is 10.4. The normalized spacial score (nSPS) is 11.7. The predicted molar refractivity (Wildman–Crippen MR) is 137 cm³/mol. The van der Waals surface area contributed by atoms with Crippen LogP contribution in [0, 0.1) is 0 Å². The number of halogens is 1. The highest BCUT2D eigenvalue weighted by molar-refractivity contribution is 6.30. The number of para-hydroxylation sites is 1. The maximum atomic E-state index is 12.7. The summed E-state index contributed by atoms with van der Waals surface area (Å²) in [5, 5.41) is 25.3. The zero-order chi connectivity index (χ0) is 24.8. The minimum absolute atomic E-state index is 0.299. The van der Waals surface area contributed by atoms with Crippen molar-refractivity contribution in [3.05, 3.63) is 148 Å². The molecular weight excluding hydrogens is 462 g/mol. The highest BCUT2D eigenvalue weighted by Gasteiger charge is 2.36. The summed E-state index contributed by atoms with van der Waals surface area (Å²) in [4.78, 5) is 24.8. The smallest absolute Gasteiger partial charge is 0.352 e. The summed E-state index contributed by atoms with van der Waals surface area (Å²) < 4.78 is 0.